The van der Waals surface area contributed by atoms with Crippen LogP contribution in [0.4, 0.5) is 0 Å². The molecule has 1 saturated heterocycles. The van der Waals surface area contributed by atoms with E-state index in [1.807, 2.05) is 34.8 Å². The second-order valence-electron chi connectivity index (χ2n) is 6.28. The van der Waals surface area contributed by atoms with Gasteiger partial charge in [-0.25, -0.2) is 0 Å². The maximum absolute atomic E-state index is 12.7. The number of piperidine rings is 1. The van der Waals surface area contributed by atoms with Gasteiger partial charge in [-0.2, -0.15) is 0 Å². The Morgan fingerprint density at radius 1 is 1.41 bits per heavy atom. The van der Waals surface area contributed by atoms with Gasteiger partial charge in [-0.15, -0.1) is 10.2 Å². The lowest BCUT2D eigenvalue weighted by molar-refractivity contribution is 0.0693. The Morgan fingerprint density at radius 2 is 2.23 bits per heavy atom. The number of aromatic nitrogens is 4. The predicted molar refractivity (Wildman–Crippen MR) is 83.7 cm³/mol. The highest BCUT2D eigenvalue weighted by Gasteiger charge is 2.29. The Morgan fingerprint density at radius 3 is 2.91 bits per heavy atom. The van der Waals surface area contributed by atoms with Crippen molar-refractivity contribution in [1.82, 2.24) is 24.2 Å². The van der Waals surface area contributed by atoms with Crippen LogP contribution < -0.4 is 0 Å². The Balaban J connectivity index is 1.78. The van der Waals surface area contributed by atoms with Crippen molar-refractivity contribution >= 4 is 5.91 Å². The smallest absolute Gasteiger partial charge is 0.270 e. The largest absolute Gasteiger partial charge is 0.347 e. The third-order valence-corrected chi connectivity index (χ3v) is 4.39. The van der Waals surface area contributed by atoms with E-state index >= 15 is 0 Å². The third kappa shape index (κ3) is 2.65. The summed E-state index contributed by atoms with van der Waals surface area (Å²) < 4.78 is 3.99. The van der Waals surface area contributed by atoms with Gasteiger partial charge in [-0.05, 0) is 38.8 Å². The molecule has 6 heteroatoms. The molecule has 0 bridgehead atoms. The summed E-state index contributed by atoms with van der Waals surface area (Å²) in [7, 11) is 1.91. The Kier molecular flexibility index (Phi) is 4.00. The topological polar surface area (TPSA) is 56.0 Å². The van der Waals surface area contributed by atoms with Crippen molar-refractivity contribution in [3.63, 3.8) is 0 Å². The first-order valence-corrected chi connectivity index (χ1v) is 7.88. The zero-order chi connectivity index (χ0) is 15.7. The van der Waals surface area contributed by atoms with Gasteiger partial charge in [0.1, 0.15) is 17.8 Å². The summed E-state index contributed by atoms with van der Waals surface area (Å²) >= 11 is 0. The number of hydrogen-bond donors (Lipinski definition) is 0. The van der Waals surface area contributed by atoms with Crippen LogP contribution in [-0.4, -0.2) is 43.2 Å². The van der Waals surface area contributed by atoms with Crippen molar-refractivity contribution in [2.45, 2.75) is 38.6 Å². The van der Waals surface area contributed by atoms with E-state index in [9.17, 15) is 4.79 Å². The Hall–Kier alpha value is -2.11. The number of aryl methyl sites for hydroxylation is 1. The van der Waals surface area contributed by atoms with E-state index in [1.54, 1.807) is 6.33 Å². The first-order valence-electron chi connectivity index (χ1n) is 7.88. The molecule has 2 aromatic heterocycles. The van der Waals surface area contributed by atoms with Gasteiger partial charge < -0.3 is 14.0 Å². The molecule has 22 heavy (non-hydrogen) atoms. The Labute approximate surface area is 130 Å². The molecular weight excluding hydrogens is 278 g/mol. The lowest BCUT2D eigenvalue weighted by Gasteiger charge is -2.32. The Bertz CT molecular complexity index is 657. The number of carbonyl (C=O) groups excluding carboxylic acids is 1. The molecule has 1 fully saturated rings. The van der Waals surface area contributed by atoms with Crippen LogP contribution in [0, 0.1) is 0 Å². The van der Waals surface area contributed by atoms with Gasteiger partial charge >= 0.3 is 0 Å². The van der Waals surface area contributed by atoms with Crippen LogP contribution in [0.15, 0.2) is 24.7 Å². The molecule has 0 saturated carbocycles. The van der Waals surface area contributed by atoms with Crippen molar-refractivity contribution in [1.29, 1.82) is 0 Å². The minimum absolute atomic E-state index is 0.104. The van der Waals surface area contributed by atoms with E-state index in [0.29, 0.717) is 6.04 Å². The number of carbonyl (C=O) groups is 1. The van der Waals surface area contributed by atoms with Crippen molar-refractivity contribution < 1.29 is 4.79 Å². The van der Waals surface area contributed by atoms with Gasteiger partial charge in [0.15, 0.2) is 0 Å². The summed E-state index contributed by atoms with van der Waals surface area (Å²) in [6.45, 7) is 5.79. The van der Waals surface area contributed by atoms with E-state index in [1.165, 1.54) is 0 Å². The lowest BCUT2D eigenvalue weighted by atomic mass is 9.96. The number of rotatable bonds is 3. The number of amides is 1. The monoisotopic (exact) mass is 301 g/mol. The van der Waals surface area contributed by atoms with Crippen LogP contribution in [-0.2, 0) is 7.05 Å². The van der Waals surface area contributed by atoms with Crippen LogP contribution in [0.5, 0.6) is 0 Å². The highest BCUT2D eigenvalue weighted by Crippen LogP contribution is 2.27. The first-order chi connectivity index (χ1) is 10.6. The van der Waals surface area contributed by atoms with Gasteiger partial charge in [0.25, 0.3) is 5.91 Å². The SMILES string of the molecule is CC(C)n1cnnc1[C@H]1CCCN(C(=O)c2cccn2C)C1. The molecular formula is C16H23N5O. The van der Waals surface area contributed by atoms with E-state index in [0.717, 1.165) is 37.4 Å². The van der Waals surface area contributed by atoms with Crippen molar-refractivity contribution in [3.8, 4) is 0 Å². The van der Waals surface area contributed by atoms with Gasteiger partial charge in [-0.1, -0.05) is 0 Å². The average Bonchev–Trinajstić information content (AvgIpc) is 3.15. The molecule has 1 amide bonds. The van der Waals surface area contributed by atoms with Crippen LogP contribution in [0.25, 0.3) is 0 Å². The van der Waals surface area contributed by atoms with Crippen molar-refractivity contribution in [2.24, 2.45) is 7.05 Å². The summed E-state index contributed by atoms with van der Waals surface area (Å²) in [6, 6.07) is 4.12. The fourth-order valence-electron chi connectivity index (χ4n) is 3.16. The molecule has 6 nitrogen and oxygen atoms in total. The number of likely N-dealkylation sites (tertiary alicyclic amines) is 1. The molecule has 1 aliphatic rings. The van der Waals surface area contributed by atoms with E-state index in [-0.39, 0.29) is 11.8 Å². The quantitative estimate of drug-likeness (QED) is 0.873. The first kappa shape index (κ1) is 14.8. The fraction of sp³-hybridized carbons (Fsp3) is 0.562. The maximum Gasteiger partial charge on any atom is 0.270 e. The molecule has 3 heterocycles. The molecule has 1 aliphatic heterocycles. The summed E-state index contributed by atoms with van der Waals surface area (Å²) in [6.07, 6.45) is 5.76. The summed E-state index contributed by atoms with van der Waals surface area (Å²) in [4.78, 5) is 14.6. The van der Waals surface area contributed by atoms with Crippen molar-refractivity contribution in [2.75, 3.05) is 13.1 Å². The van der Waals surface area contributed by atoms with E-state index < -0.39 is 0 Å². The molecule has 0 spiro atoms. The molecule has 2 aromatic rings. The lowest BCUT2D eigenvalue weighted by Crippen LogP contribution is -2.40. The molecule has 118 valence electrons. The fourth-order valence-corrected chi connectivity index (χ4v) is 3.16. The standard InChI is InChI=1S/C16H23N5O/c1-12(2)21-11-17-18-15(21)13-6-4-9-20(10-13)16(22)14-7-5-8-19(14)3/h5,7-8,11-13H,4,6,9-10H2,1-3H3/t13-/m0/s1. The molecule has 0 unspecified atom stereocenters. The van der Waals surface area contributed by atoms with Crippen LogP contribution in [0.1, 0.15) is 55.0 Å². The molecule has 0 N–H and O–H groups in total. The second kappa shape index (κ2) is 5.94. The molecule has 3 rings (SSSR count). The molecule has 1 atom stereocenters. The van der Waals surface area contributed by atoms with Gasteiger partial charge in [0, 0.05) is 38.3 Å². The van der Waals surface area contributed by atoms with Crippen LogP contribution in [0.3, 0.4) is 0 Å². The summed E-state index contributed by atoms with van der Waals surface area (Å²) in [5.74, 6) is 1.37. The highest BCUT2D eigenvalue weighted by molar-refractivity contribution is 5.92. The number of nitrogens with zero attached hydrogens (tertiary/aromatic N) is 5. The van der Waals surface area contributed by atoms with Crippen molar-refractivity contribution in [3.05, 3.63) is 36.2 Å². The summed E-state index contributed by atoms with van der Waals surface area (Å²) in [5, 5.41) is 8.36. The van der Waals surface area contributed by atoms with Crippen LogP contribution >= 0.6 is 0 Å². The molecule has 0 aromatic carbocycles. The third-order valence-electron chi connectivity index (χ3n) is 4.39. The van der Waals surface area contributed by atoms with E-state index in [4.69, 9.17) is 0 Å². The second-order valence-corrected chi connectivity index (χ2v) is 6.28. The zero-order valence-corrected chi connectivity index (χ0v) is 13.4. The highest BCUT2D eigenvalue weighted by atomic mass is 16.2. The van der Waals surface area contributed by atoms with Crippen LogP contribution in [0.2, 0.25) is 0 Å². The average molecular weight is 301 g/mol. The van der Waals surface area contributed by atoms with Gasteiger partial charge in [0.2, 0.25) is 0 Å². The van der Waals surface area contributed by atoms with Gasteiger partial charge in [-0.3, -0.25) is 4.79 Å². The maximum atomic E-state index is 12.7. The minimum atomic E-state index is 0.104. The predicted octanol–water partition coefficient (Wildman–Crippen LogP) is 2.22. The normalized spacial score (nSPS) is 18.9. The number of hydrogen-bond acceptors (Lipinski definition) is 3. The zero-order valence-electron chi connectivity index (χ0n) is 13.4. The van der Waals surface area contributed by atoms with E-state index in [2.05, 4.69) is 28.6 Å². The molecule has 0 radical (unpaired) electrons. The van der Waals surface area contributed by atoms with Gasteiger partial charge in [0.05, 0.1) is 0 Å². The summed E-state index contributed by atoms with van der Waals surface area (Å²) in [5.41, 5.74) is 0.742. The molecule has 0 aliphatic carbocycles. The minimum Gasteiger partial charge on any atom is -0.347 e.